The van der Waals surface area contributed by atoms with Crippen LogP contribution in [-0.2, 0) is 0 Å². The Kier molecular flexibility index (Phi) is 3.25. The first-order valence-electron chi connectivity index (χ1n) is 6.17. The number of hydrogen-bond donors (Lipinski definition) is 0. The van der Waals surface area contributed by atoms with Crippen LogP contribution in [0.25, 0.3) is 0 Å². The molecule has 17 heavy (non-hydrogen) atoms. The summed E-state index contributed by atoms with van der Waals surface area (Å²) in [5, 5.41) is 0. The van der Waals surface area contributed by atoms with Gasteiger partial charge in [-0.05, 0) is 0 Å². The predicted molar refractivity (Wildman–Crippen MR) is 83.8 cm³/mol. The van der Waals surface area contributed by atoms with Gasteiger partial charge in [-0.2, -0.15) is 0 Å². The van der Waals surface area contributed by atoms with E-state index in [2.05, 4.69) is 70.6 Å². The molecule has 0 aromatic heterocycles. The summed E-state index contributed by atoms with van der Waals surface area (Å²) in [4.78, 5) is 0. The van der Waals surface area contributed by atoms with Gasteiger partial charge < -0.3 is 0 Å². The summed E-state index contributed by atoms with van der Waals surface area (Å²) in [6.45, 7) is 14.8. The second-order valence-electron chi connectivity index (χ2n) is 6.60. The Morgan fingerprint density at radius 3 is 1.41 bits per heavy atom. The third kappa shape index (κ3) is 2.48. The molecule has 1 aromatic carbocycles. The van der Waals surface area contributed by atoms with Crippen LogP contribution in [-0.4, -0.2) is 32.3 Å². The monoisotopic (exact) mass is 324 g/mol. The number of hydrogen-bond acceptors (Lipinski definition) is 2. The van der Waals surface area contributed by atoms with Gasteiger partial charge in [-0.25, -0.2) is 0 Å². The SMILES string of the molecule is C[Si](C)(C)[N]1[Ge][N]([Si](C)(C)C)c2ccccc21. The van der Waals surface area contributed by atoms with Crippen LogP contribution in [0.4, 0.5) is 11.4 Å². The molecule has 0 atom stereocenters. The summed E-state index contributed by atoms with van der Waals surface area (Å²) in [5.41, 5.74) is 3.02. The van der Waals surface area contributed by atoms with Gasteiger partial charge in [-0.15, -0.1) is 0 Å². The first-order valence-corrected chi connectivity index (χ1v) is 14.9. The zero-order valence-electron chi connectivity index (χ0n) is 11.7. The van der Waals surface area contributed by atoms with Crippen molar-refractivity contribution in [3.63, 3.8) is 0 Å². The van der Waals surface area contributed by atoms with Crippen LogP contribution in [0.15, 0.2) is 24.3 Å². The molecule has 1 aliphatic heterocycles. The second kappa shape index (κ2) is 4.17. The van der Waals surface area contributed by atoms with E-state index in [0.29, 0.717) is 0 Å². The van der Waals surface area contributed by atoms with Crippen LogP contribution in [0.1, 0.15) is 0 Å². The minimum atomic E-state index is -1.23. The van der Waals surface area contributed by atoms with Crippen molar-refractivity contribution < 1.29 is 0 Å². The molecule has 0 N–H and O–H groups in total. The molecule has 0 spiro atoms. The molecule has 0 saturated carbocycles. The fourth-order valence-corrected chi connectivity index (χ4v) is 11.5. The topological polar surface area (TPSA) is 6.48 Å². The van der Waals surface area contributed by atoms with Crippen molar-refractivity contribution in [3.05, 3.63) is 24.3 Å². The third-order valence-electron chi connectivity index (χ3n) is 2.91. The van der Waals surface area contributed by atoms with Crippen molar-refractivity contribution in [2.45, 2.75) is 39.3 Å². The Morgan fingerprint density at radius 1 is 0.765 bits per heavy atom. The van der Waals surface area contributed by atoms with Gasteiger partial charge in [0.15, 0.2) is 0 Å². The maximum atomic E-state index is 2.78. The van der Waals surface area contributed by atoms with Gasteiger partial charge in [0, 0.05) is 0 Å². The standard InChI is InChI=1S/C12H22GeN2Si2/c1-16(2,3)14-11-9-7-8-10-12(11)15(13-14)17(4,5)6/h7-10H,1-6H3. The average Bonchev–Trinajstić information content (AvgIpc) is 2.55. The summed E-state index contributed by atoms with van der Waals surface area (Å²) in [5.74, 6) is 0. The van der Waals surface area contributed by atoms with Crippen LogP contribution >= 0.6 is 0 Å². The van der Waals surface area contributed by atoms with Crippen LogP contribution in [0.5, 0.6) is 0 Å². The molecule has 0 saturated heterocycles. The average molecular weight is 323 g/mol. The van der Waals surface area contributed by atoms with Gasteiger partial charge in [0.1, 0.15) is 0 Å². The molecule has 0 bridgehead atoms. The van der Waals surface area contributed by atoms with Gasteiger partial charge in [-0.3, -0.25) is 0 Å². The fraction of sp³-hybridized carbons (Fsp3) is 0.500. The van der Waals surface area contributed by atoms with Crippen LogP contribution < -0.4 is 7.05 Å². The minimum absolute atomic E-state index is 0.160. The number of benzene rings is 1. The molecule has 2 nitrogen and oxygen atoms in total. The van der Waals surface area contributed by atoms with E-state index < -0.39 is 16.5 Å². The number of rotatable bonds is 2. The number of nitrogens with zero attached hydrogens (tertiary/aromatic N) is 2. The molecule has 1 heterocycles. The summed E-state index contributed by atoms with van der Waals surface area (Å²) in [6.07, 6.45) is 0. The molecule has 5 heteroatoms. The Bertz CT molecular complexity index is 384. The normalized spacial score (nSPS) is 16.4. The zero-order valence-corrected chi connectivity index (χ0v) is 15.8. The first kappa shape index (κ1) is 13.2. The summed E-state index contributed by atoms with van der Waals surface area (Å²) >= 11 is -0.160. The molecule has 2 radical (unpaired) electrons. The number of anilines is 2. The van der Waals surface area contributed by atoms with E-state index in [1.807, 2.05) is 0 Å². The van der Waals surface area contributed by atoms with Crippen LogP contribution in [0, 0.1) is 0 Å². The van der Waals surface area contributed by atoms with E-state index >= 15 is 0 Å². The van der Waals surface area contributed by atoms with Gasteiger partial charge in [0.25, 0.3) is 0 Å². The Labute approximate surface area is 114 Å². The third-order valence-corrected chi connectivity index (χ3v) is 17.4. The maximum absolute atomic E-state index is 2.78. The molecule has 0 fully saturated rings. The fourth-order valence-electron chi connectivity index (χ4n) is 2.07. The second-order valence-corrected chi connectivity index (χ2v) is 20.4. The van der Waals surface area contributed by atoms with E-state index in [9.17, 15) is 0 Å². The molecule has 1 aliphatic rings. The molecule has 2 rings (SSSR count). The quantitative estimate of drug-likeness (QED) is 0.769. The molecule has 0 amide bonds. The van der Waals surface area contributed by atoms with Gasteiger partial charge in [0.05, 0.1) is 0 Å². The predicted octanol–water partition coefficient (Wildman–Crippen LogP) is 3.52. The molecular weight excluding hydrogens is 301 g/mol. The van der Waals surface area contributed by atoms with Crippen molar-refractivity contribution in [1.82, 2.24) is 0 Å². The van der Waals surface area contributed by atoms with Crippen LogP contribution in [0.2, 0.25) is 39.3 Å². The Morgan fingerprint density at radius 2 is 1.12 bits per heavy atom. The molecule has 0 aliphatic carbocycles. The van der Waals surface area contributed by atoms with E-state index in [4.69, 9.17) is 0 Å². The van der Waals surface area contributed by atoms with Crippen molar-refractivity contribution in [2.24, 2.45) is 0 Å². The van der Waals surface area contributed by atoms with Crippen LogP contribution in [0.3, 0.4) is 0 Å². The molecular formula is C12H22GeN2Si2. The summed E-state index contributed by atoms with van der Waals surface area (Å²) in [7, 11) is -2.45. The van der Waals surface area contributed by atoms with Crippen molar-refractivity contribution in [3.8, 4) is 0 Å². The van der Waals surface area contributed by atoms with Gasteiger partial charge in [0.2, 0.25) is 0 Å². The van der Waals surface area contributed by atoms with E-state index in [1.54, 1.807) is 0 Å². The van der Waals surface area contributed by atoms with E-state index in [1.165, 1.54) is 11.4 Å². The Hall–Kier alpha value is -0.203. The zero-order chi connectivity index (χ0) is 12.8. The molecule has 92 valence electrons. The van der Waals surface area contributed by atoms with Crippen molar-refractivity contribution in [2.75, 3.05) is 7.05 Å². The summed E-state index contributed by atoms with van der Waals surface area (Å²) in [6, 6.07) is 9.01. The van der Waals surface area contributed by atoms with E-state index in [-0.39, 0.29) is 15.9 Å². The van der Waals surface area contributed by atoms with E-state index in [0.717, 1.165) is 0 Å². The molecule has 0 unspecified atom stereocenters. The van der Waals surface area contributed by atoms with Crippen molar-refractivity contribution >= 4 is 43.7 Å². The van der Waals surface area contributed by atoms with Gasteiger partial charge >= 0.3 is 114 Å². The van der Waals surface area contributed by atoms with Crippen molar-refractivity contribution in [1.29, 1.82) is 0 Å². The first-order chi connectivity index (χ1) is 7.71. The number of para-hydroxylation sites is 2. The molecule has 1 aromatic rings. The summed E-state index contributed by atoms with van der Waals surface area (Å²) < 4.78 is 5.56. The van der Waals surface area contributed by atoms with Gasteiger partial charge in [-0.1, -0.05) is 0 Å². The Balaban J connectivity index is 2.47. The number of fused-ring (bicyclic) bond motifs is 1.